The molecule has 0 aromatic carbocycles. The lowest BCUT2D eigenvalue weighted by molar-refractivity contribution is 0.194. The van der Waals surface area contributed by atoms with Crippen LogP contribution in [0.3, 0.4) is 0 Å². The number of nitrogens with zero attached hydrogens (tertiary/aromatic N) is 1. The number of hydrogen-bond acceptors (Lipinski definition) is 4. The monoisotopic (exact) mass is 240 g/mol. The van der Waals surface area contributed by atoms with E-state index in [1.165, 1.54) is 10.7 Å². The first-order chi connectivity index (χ1) is 7.79. The van der Waals surface area contributed by atoms with Crippen LogP contribution in [0.5, 0.6) is 0 Å². The SMILES string of the molecule is CCC(C)NCc1csc(C2CCOC2)n1. The zero-order valence-corrected chi connectivity index (χ0v) is 10.8. The van der Waals surface area contributed by atoms with Crippen LogP contribution in [0.4, 0.5) is 0 Å². The molecule has 2 rings (SSSR count). The summed E-state index contributed by atoms with van der Waals surface area (Å²) in [6.45, 7) is 7.04. The summed E-state index contributed by atoms with van der Waals surface area (Å²) in [6.07, 6.45) is 2.29. The van der Waals surface area contributed by atoms with E-state index in [9.17, 15) is 0 Å². The van der Waals surface area contributed by atoms with E-state index in [4.69, 9.17) is 4.74 Å². The summed E-state index contributed by atoms with van der Waals surface area (Å²) in [5.74, 6) is 0.544. The van der Waals surface area contributed by atoms with Crippen LogP contribution in [-0.2, 0) is 11.3 Å². The fraction of sp³-hybridized carbons (Fsp3) is 0.750. The van der Waals surface area contributed by atoms with E-state index in [-0.39, 0.29) is 0 Å². The molecule has 1 aliphatic heterocycles. The third kappa shape index (κ3) is 3.03. The number of nitrogens with one attached hydrogen (secondary N) is 1. The second-order valence-corrected chi connectivity index (χ2v) is 5.32. The van der Waals surface area contributed by atoms with Gasteiger partial charge < -0.3 is 10.1 Å². The summed E-state index contributed by atoms with van der Waals surface area (Å²) >= 11 is 1.77. The summed E-state index contributed by atoms with van der Waals surface area (Å²) in [7, 11) is 0. The Kier molecular flexibility index (Phi) is 4.32. The third-order valence-electron chi connectivity index (χ3n) is 3.09. The van der Waals surface area contributed by atoms with Crippen LogP contribution in [0.2, 0.25) is 0 Å². The molecule has 4 heteroatoms. The minimum absolute atomic E-state index is 0.544. The molecule has 1 fully saturated rings. The van der Waals surface area contributed by atoms with Crippen LogP contribution in [-0.4, -0.2) is 24.2 Å². The molecule has 3 nitrogen and oxygen atoms in total. The molecule has 0 aliphatic carbocycles. The number of rotatable bonds is 5. The quantitative estimate of drug-likeness (QED) is 0.859. The van der Waals surface area contributed by atoms with Gasteiger partial charge in [-0.1, -0.05) is 6.92 Å². The highest BCUT2D eigenvalue weighted by molar-refractivity contribution is 7.09. The van der Waals surface area contributed by atoms with Crippen molar-refractivity contribution in [3.8, 4) is 0 Å². The maximum absolute atomic E-state index is 5.39. The zero-order valence-electron chi connectivity index (χ0n) is 10.0. The van der Waals surface area contributed by atoms with E-state index in [1.807, 2.05) is 0 Å². The lowest BCUT2D eigenvalue weighted by Crippen LogP contribution is -2.24. The van der Waals surface area contributed by atoms with Gasteiger partial charge in [0, 0.05) is 30.5 Å². The fourth-order valence-electron chi connectivity index (χ4n) is 1.74. The van der Waals surface area contributed by atoms with Crippen molar-refractivity contribution in [2.45, 2.75) is 45.2 Å². The van der Waals surface area contributed by atoms with E-state index in [0.717, 1.165) is 32.6 Å². The Labute approximate surface area is 101 Å². The van der Waals surface area contributed by atoms with Gasteiger partial charge in [-0.25, -0.2) is 4.98 Å². The zero-order chi connectivity index (χ0) is 11.4. The Morgan fingerprint density at radius 3 is 3.25 bits per heavy atom. The Balaban J connectivity index is 1.86. The molecule has 1 N–H and O–H groups in total. The maximum atomic E-state index is 5.39. The molecule has 2 unspecified atom stereocenters. The average molecular weight is 240 g/mol. The Bertz CT molecular complexity index is 321. The van der Waals surface area contributed by atoms with Gasteiger partial charge in [-0.05, 0) is 19.8 Å². The first kappa shape index (κ1) is 12.0. The van der Waals surface area contributed by atoms with Crippen LogP contribution in [0.25, 0.3) is 0 Å². The molecular formula is C12H20N2OS. The van der Waals surface area contributed by atoms with Gasteiger partial charge in [0.25, 0.3) is 0 Å². The molecule has 1 aliphatic rings. The van der Waals surface area contributed by atoms with E-state index in [1.54, 1.807) is 11.3 Å². The molecule has 0 saturated carbocycles. The summed E-state index contributed by atoms with van der Waals surface area (Å²) < 4.78 is 5.39. The highest BCUT2D eigenvalue weighted by Crippen LogP contribution is 2.27. The highest BCUT2D eigenvalue weighted by atomic mass is 32.1. The standard InChI is InChI=1S/C12H20N2OS/c1-3-9(2)13-6-11-8-16-12(14-11)10-4-5-15-7-10/h8-10,13H,3-7H2,1-2H3. The molecular weight excluding hydrogens is 220 g/mol. The number of hydrogen-bond donors (Lipinski definition) is 1. The second-order valence-electron chi connectivity index (χ2n) is 4.43. The van der Waals surface area contributed by atoms with Gasteiger partial charge in [-0.2, -0.15) is 0 Å². The predicted octanol–water partition coefficient (Wildman–Crippen LogP) is 2.54. The normalized spacial score (nSPS) is 22.5. The summed E-state index contributed by atoms with van der Waals surface area (Å²) in [6, 6.07) is 0.569. The lowest BCUT2D eigenvalue weighted by Gasteiger charge is -2.09. The summed E-state index contributed by atoms with van der Waals surface area (Å²) in [5.41, 5.74) is 1.17. The second kappa shape index (κ2) is 5.75. The van der Waals surface area contributed by atoms with Crippen molar-refractivity contribution in [2.24, 2.45) is 0 Å². The van der Waals surface area contributed by atoms with Crippen LogP contribution in [0, 0.1) is 0 Å². The van der Waals surface area contributed by atoms with Gasteiger partial charge in [0.2, 0.25) is 0 Å². The van der Waals surface area contributed by atoms with Gasteiger partial charge in [-0.15, -0.1) is 11.3 Å². The van der Waals surface area contributed by atoms with Crippen molar-refractivity contribution in [1.29, 1.82) is 0 Å². The topological polar surface area (TPSA) is 34.1 Å². The highest BCUT2D eigenvalue weighted by Gasteiger charge is 2.20. The average Bonchev–Trinajstić information content (AvgIpc) is 2.95. The first-order valence-corrected chi connectivity index (χ1v) is 6.93. The van der Waals surface area contributed by atoms with Crippen molar-refractivity contribution < 1.29 is 4.74 Å². The molecule has 0 amide bonds. The Morgan fingerprint density at radius 1 is 1.69 bits per heavy atom. The predicted molar refractivity (Wildman–Crippen MR) is 66.9 cm³/mol. The van der Waals surface area contributed by atoms with Crippen molar-refractivity contribution in [3.63, 3.8) is 0 Å². The van der Waals surface area contributed by atoms with Gasteiger partial charge in [-0.3, -0.25) is 0 Å². The van der Waals surface area contributed by atoms with Crippen molar-refractivity contribution in [1.82, 2.24) is 10.3 Å². The van der Waals surface area contributed by atoms with E-state index >= 15 is 0 Å². The lowest BCUT2D eigenvalue weighted by atomic mass is 10.1. The van der Waals surface area contributed by atoms with Gasteiger partial charge >= 0.3 is 0 Å². The molecule has 16 heavy (non-hydrogen) atoms. The largest absolute Gasteiger partial charge is 0.381 e. The molecule has 0 radical (unpaired) electrons. The molecule has 90 valence electrons. The Hall–Kier alpha value is -0.450. The number of aromatic nitrogens is 1. The fourth-order valence-corrected chi connectivity index (χ4v) is 2.68. The molecule has 2 heterocycles. The summed E-state index contributed by atoms with van der Waals surface area (Å²) in [5, 5.41) is 6.88. The molecule has 0 bridgehead atoms. The van der Waals surface area contributed by atoms with Crippen molar-refractivity contribution in [3.05, 3.63) is 16.1 Å². The molecule has 1 aromatic rings. The van der Waals surface area contributed by atoms with Gasteiger partial charge in [0.1, 0.15) is 0 Å². The van der Waals surface area contributed by atoms with E-state index in [0.29, 0.717) is 12.0 Å². The third-order valence-corrected chi connectivity index (χ3v) is 4.15. The minimum Gasteiger partial charge on any atom is -0.381 e. The van der Waals surface area contributed by atoms with E-state index < -0.39 is 0 Å². The van der Waals surface area contributed by atoms with E-state index in [2.05, 4.69) is 29.5 Å². The summed E-state index contributed by atoms with van der Waals surface area (Å²) in [4.78, 5) is 4.67. The van der Waals surface area contributed by atoms with Gasteiger partial charge in [0.15, 0.2) is 0 Å². The molecule has 1 aromatic heterocycles. The van der Waals surface area contributed by atoms with Crippen LogP contribution in [0.15, 0.2) is 5.38 Å². The number of thiazole rings is 1. The van der Waals surface area contributed by atoms with Gasteiger partial charge in [0.05, 0.1) is 17.3 Å². The molecule has 1 saturated heterocycles. The minimum atomic E-state index is 0.544. The first-order valence-electron chi connectivity index (χ1n) is 6.05. The van der Waals surface area contributed by atoms with Crippen LogP contribution < -0.4 is 5.32 Å². The number of ether oxygens (including phenoxy) is 1. The van der Waals surface area contributed by atoms with Crippen molar-refractivity contribution in [2.75, 3.05) is 13.2 Å². The molecule has 0 spiro atoms. The molecule has 2 atom stereocenters. The Morgan fingerprint density at radius 2 is 2.56 bits per heavy atom. The van der Waals surface area contributed by atoms with Crippen molar-refractivity contribution >= 4 is 11.3 Å². The van der Waals surface area contributed by atoms with Crippen LogP contribution in [0.1, 0.15) is 43.3 Å². The van der Waals surface area contributed by atoms with Crippen LogP contribution >= 0.6 is 11.3 Å². The maximum Gasteiger partial charge on any atom is 0.0983 e. The smallest absolute Gasteiger partial charge is 0.0983 e.